The highest BCUT2D eigenvalue weighted by Crippen LogP contribution is 2.17. The average molecular weight is 294 g/mol. The van der Waals surface area contributed by atoms with E-state index in [0.717, 1.165) is 16.0 Å². The quantitative estimate of drug-likeness (QED) is 0.684. The van der Waals surface area contributed by atoms with Crippen molar-refractivity contribution in [2.75, 3.05) is 25.0 Å². The van der Waals surface area contributed by atoms with Gasteiger partial charge in [0.25, 0.3) is 0 Å². The lowest BCUT2D eigenvalue weighted by Crippen LogP contribution is -2.40. The standard InChI is InChI=1S/C14H18N2O5/c1-9-4-3-5-11(10(9)2)15-12(17)6-16(7-13(18)19)8-14(20)21/h3-5H,6-8H2,1-2H3,(H,15,17)(H,18,19)(H,20,21). The third kappa shape index (κ3) is 5.62. The third-order valence-electron chi connectivity index (χ3n) is 2.96. The second kappa shape index (κ2) is 7.39. The van der Waals surface area contributed by atoms with Gasteiger partial charge in [0, 0.05) is 5.69 Å². The molecule has 1 amide bonds. The Hall–Kier alpha value is -2.41. The lowest BCUT2D eigenvalue weighted by atomic mass is 10.1. The summed E-state index contributed by atoms with van der Waals surface area (Å²) in [5.41, 5.74) is 2.56. The lowest BCUT2D eigenvalue weighted by molar-refractivity contribution is -0.142. The minimum atomic E-state index is -1.18. The largest absolute Gasteiger partial charge is 0.480 e. The molecule has 0 spiro atoms. The number of carbonyl (C=O) groups excluding carboxylic acids is 1. The first-order chi connectivity index (χ1) is 9.79. The molecule has 0 aliphatic carbocycles. The van der Waals surface area contributed by atoms with Crippen molar-refractivity contribution in [1.82, 2.24) is 4.90 Å². The highest BCUT2D eigenvalue weighted by molar-refractivity contribution is 5.93. The molecule has 1 aromatic rings. The maximum Gasteiger partial charge on any atom is 0.317 e. The van der Waals surface area contributed by atoms with E-state index in [0.29, 0.717) is 5.69 Å². The highest BCUT2D eigenvalue weighted by atomic mass is 16.4. The molecule has 0 saturated carbocycles. The van der Waals surface area contributed by atoms with Crippen LogP contribution in [0, 0.1) is 13.8 Å². The van der Waals surface area contributed by atoms with Crippen molar-refractivity contribution in [3.05, 3.63) is 29.3 Å². The summed E-state index contributed by atoms with van der Waals surface area (Å²) >= 11 is 0. The Balaban J connectivity index is 2.71. The first-order valence-electron chi connectivity index (χ1n) is 6.31. The number of anilines is 1. The Labute approximate surface area is 122 Å². The molecule has 7 heteroatoms. The van der Waals surface area contributed by atoms with E-state index in [1.54, 1.807) is 12.1 Å². The SMILES string of the molecule is Cc1cccc(NC(=O)CN(CC(=O)O)CC(=O)O)c1C. The second-order valence-electron chi connectivity index (χ2n) is 4.73. The molecule has 0 aromatic heterocycles. The first kappa shape index (κ1) is 16.6. The molecule has 7 nitrogen and oxygen atoms in total. The van der Waals surface area contributed by atoms with Crippen molar-refractivity contribution in [3.63, 3.8) is 0 Å². The van der Waals surface area contributed by atoms with Crippen molar-refractivity contribution in [3.8, 4) is 0 Å². The van der Waals surface area contributed by atoms with Crippen LogP contribution in [-0.2, 0) is 14.4 Å². The minimum Gasteiger partial charge on any atom is -0.480 e. The zero-order chi connectivity index (χ0) is 16.0. The number of carboxylic acids is 2. The van der Waals surface area contributed by atoms with E-state index in [-0.39, 0.29) is 6.54 Å². The molecular formula is C14H18N2O5. The zero-order valence-corrected chi connectivity index (χ0v) is 11.9. The van der Waals surface area contributed by atoms with Gasteiger partial charge in [-0.05, 0) is 31.0 Å². The molecule has 0 atom stereocenters. The van der Waals surface area contributed by atoms with Gasteiger partial charge in [-0.25, -0.2) is 0 Å². The molecule has 0 heterocycles. The molecular weight excluding hydrogens is 276 g/mol. The van der Waals surface area contributed by atoms with Crippen LogP contribution >= 0.6 is 0 Å². The maximum atomic E-state index is 11.9. The number of aliphatic carboxylic acids is 2. The van der Waals surface area contributed by atoms with Crippen LogP contribution in [0.15, 0.2) is 18.2 Å². The van der Waals surface area contributed by atoms with Crippen LogP contribution in [0.25, 0.3) is 0 Å². The van der Waals surface area contributed by atoms with Gasteiger partial charge < -0.3 is 15.5 Å². The fourth-order valence-corrected chi connectivity index (χ4v) is 1.83. The molecule has 1 rings (SSSR count). The molecule has 1 aromatic carbocycles. The summed E-state index contributed by atoms with van der Waals surface area (Å²) in [7, 11) is 0. The highest BCUT2D eigenvalue weighted by Gasteiger charge is 2.17. The fourth-order valence-electron chi connectivity index (χ4n) is 1.83. The van der Waals surface area contributed by atoms with E-state index >= 15 is 0 Å². The number of rotatable bonds is 7. The van der Waals surface area contributed by atoms with Gasteiger partial charge >= 0.3 is 11.9 Å². The van der Waals surface area contributed by atoms with E-state index in [1.165, 1.54) is 0 Å². The molecule has 0 unspecified atom stereocenters. The molecule has 0 fully saturated rings. The summed E-state index contributed by atoms with van der Waals surface area (Å²) in [5, 5.41) is 20.1. The molecule has 3 N–H and O–H groups in total. The normalized spacial score (nSPS) is 10.4. The Morgan fingerprint density at radius 3 is 2.14 bits per heavy atom. The van der Waals surface area contributed by atoms with E-state index in [1.807, 2.05) is 19.9 Å². The van der Waals surface area contributed by atoms with Crippen LogP contribution in [0.2, 0.25) is 0 Å². The van der Waals surface area contributed by atoms with Crippen molar-refractivity contribution in [2.45, 2.75) is 13.8 Å². The summed E-state index contributed by atoms with van der Waals surface area (Å²) in [6.45, 7) is 2.45. The average Bonchev–Trinajstić information content (AvgIpc) is 2.33. The van der Waals surface area contributed by atoms with Gasteiger partial charge in [-0.3, -0.25) is 19.3 Å². The van der Waals surface area contributed by atoms with Crippen molar-refractivity contribution < 1.29 is 24.6 Å². The minimum absolute atomic E-state index is 0.300. The first-order valence-corrected chi connectivity index (χ1v) is 6.31. The van der Waals surface area contributed by atoms with E-state index in [4.69, 9.17) is 10.2 Å². The second-order valence-corrected chi connectivity index (χ2v) is 4.73. The van der Waals surface area contributed by atoms with Crippen LogP contribution in [0.5, 0.6) is 0 Å². The van der Waals surface area contributed by atoms with Gasteiger partial charge in [0.2, 0.25) is 5.91 Å². The third-order valence-corrected chi connectivity index (χ3v) is 2.96. The molecule has 0 bridgehead atoms. The number of hydrogen-bond donors (Lipinski definition) is 3. The molecule has 114 valence electrons. The van der Waals surface area contributed by atoms with Gasteiger partial charge in [0.05, 0.1) is 19.6 Å². The Kier molecular flexibility index (Phi) is 5.86. The van der Waals surface area contributed by atoms with Crippen molar-refractivity contribution in [2.24, 2.45) is 0 Å². The van der Waals surface area contributed by atoms with Gasteiger partial charge in [-0.1, -0.05) is 12.1 Å². The van der Waals surface area contributed by atoms with Gasteiger partial charge in [-0.2, -0.15) is 0 Å². The summed E-state index contributed by atoms with van der Waals surface area (Å²) in [5.74, 6) is -2.82. The molecule has 0 saturated heterocycles. The maximum absolute atomic E-state index is 11.9. The van der Waals surface area contributed by atoms with Crippen LogP contribution in [0.1, 0.15) is 11.1 Å². The fraction of sp³-hybridized carbons (Fsp3) is 0.357. The number of carbonyl (C=O) groups is 3. The number of nitrogens with zero attached hydrogens (tertiary/aromatic N) is 1. The molecule has 0 radical (unpaired) electrons. The lowest BCUT2D eigenvalue weighted by Gasteiger charge is -2.18. The predicted molar refractivity (Wildman–Crippen MR) is 76.3 cm³/mol. The van der Waals surface area contributed by atoms with Crippen LogP contribution in [0.4, 0.5) is 5.69 Å². The van der Waals surface area contributed by atoms with Crippen molar-refractivity contribution in [1.29, 1.82) is 0 Å². The summed E-state index contributed by atoms with van der Waals surface area (Å²) in [6.07, 6.45) is 0. The predicted octanol–water partition coefficient (Wildman–Crippen LogP) is 0.713. The number of hydrogen-bond acceptors (Lipinski definition) is 4. The van der Waals surface area contributed by atoms with Gasteiger partial charge in [-0.15, -0.1) is 0 Å². The topological polar surface area (TPSA) is 107 Å². The molecule has 0 aliphatic heterocycles. The van der Waals surface area contributed by atoms with Crippen LogP contribution in [0.3, 0.4) is 0 Å². The van der Waals surface area contributed by atoms with Crippen LogP contribution < -0.4 is 5.32 Å². The summed E-state index contributed by atoms with van der Waals surface area (Å²) in [4.78, 5) is 34.3. The Morgan fingerprint density at radius 2 is 1.62 bits per heavy atom. The molecule has 21 heavy (non-hydrogen) atoms. The number of aryl methyl sites for hydroxylation is 1. The number of amides is 1. The van der Waals surface area contributed by atoms with Gasteiger partial charge in [0.15, 0.2) is 0 Å². The number of carboxylic acid groups (broad SMARTS) is 2. The summed E-state index contributed by atoms with van der Waals surface area (Å²) in [6, 6.07) is 5.44. The Morgan fingerprint density at radius 1 is 1.05 bits per heavy atom. The van der Waals surface area contributed by atoms with Crippen LogP contribution in [-0.4, -0.2) is 52.6 Å². The Bertz CT molecular complexity index is 540. The van der Waals surface area contributed by atoms with Gasteiger partial charge in [0.1, 0.15) is 0 Å². The zero-order valence-electron chi connectivity index (χ0n) is 11.9. The molecule has 0 aliphatic rings. The number of nitrogens with one attached hydrogen (secondary N) is 1. The monoisotopic (exact) mass is 294 g/mol. The van der Waals surface area contributed by atoms with E-state index in [9.17, 15) is 14.4 Å². The van der Waals surface area contributed by atoms with Crippen molar-refractivity contribution >= 4 is 23.5 Å². The summed E-state index contributed by atoms with van der Waals surface area (Å²) < 4.78 is 0. The van der Waals surface area contributed by atoms with E-state index in [2.05, 4.69) is 5.32 Å². The number of benzene rings is 1. The smallest absolute Gasteiger partial charge is 0.317 e. The van der Waals surface area contributed by atoms with E-state index < -0.39 is 30.9 Å².